The van der Waals surface area contributed by atoms with Gasteiger partial charge in [-0.15, -0.1) is 18.3 Å². The van der Waals surface area contributed by atoms with E-state index in [9.17, 15) is 22.4 Å². The smallest absolute Gasteiger partial charge is 0.403 e. The molecule has 0 bridgehead atoms. The molecule has 204 valence electrons. The Morgan fingerprint density at radius 2 is 2.03 bits per heavy atom. The molecule has 0 unspecified atom stereocenters. The van der Waals surface area contributed by atoms with Gasteiger partial charge in [-0.1, -0.05) is 6.07 Å². The maximum atomic E-state index is 15.0. The summed E-state index contributed by atoms with van der Waals surface area (Å²) in [6, 6.07) is 5.86. The number of rotatable bonds is 9. The van der Waals surface area contributed by atoms with E-state index in [-0.39, 0.29) is 23.5 Å². The molecule has 16 heteroatoms. The molecule has 1 aliphatic rings. The van der Waals surface area contributed by atoms with Crippen molar-refractivity contribution in [1.29, 1.82) is 0 Å². The number of halogens is 4. The number of nitrogens with one attached hydrogen (secondary N) is 1. The second-order valence-electron chi connectivity index (χ2n) is 8.85. The number of ether oxygens (including phenoxy) is 1. The number of tetrazole rings is 1. The lowest BCUT2D eigenvalue weighted by Gasteiger charge is -2.16. The SMILES string of the molecule is N/C(=C\N(N)Cc1cn2cc(C3CC3)ccc2n1)C(=O)NCc1c(-n2cnnn2)ccc(OC(F)(F)F)c1F. The number of carbonyl (C=O) groups is 1. The van der Waals surface area contributed by atoms with E-state index in [2.05, 4.69) is 30.6 Å². The lowest BCUT2D eigenvalue weighted by Crippen LogP contribution is -2.33. The van der Waals surface area contributed by atoms with Crippen molar-refractivity contribution in [2.24, 2.45) is 11.6 Å². The standard InChI is InChI=1S/C23H22F4N10O2/c24-21-16(18(37-12-31-33-34-37)4-5-19(21)39-23(25,26)27)7-30-22(38)17(28)11-36(29)10-15-9-35-8-14(13-1-2-13)3-6-20(35)32-15/h3-6,8-9,11-13H,1-2,7,10,28-29H2,(H,30,38)/b17-11-. The van der Waals surface area contributed by atoms with Gasteiger partial charge in [-0.3, -0.25) is 4.79 Å². The van der Waals surface area contributed by atoms with Crippen molar-refractivity contribution in [2.45, 2.75) is 38.2 Å². The molecule has 0 radical (unpaired) electrons. The molecule has 0 spiro atoms. The predicted octanol–water partition coefficient (Wildman–Crippen LogP) is 2.02. The molecule has 5 rings (SSSR count). The van der Waals surface area contributed by atoms with Crippen molar-refractivity contribution in [3.63, 3.8) is 0 Å². The van der Waals surface area contributed by atoms with Crippen molar-refractivity contribution in [3.8, 4) is 11.4 Å². The first-order valence-electron chi connectivity index (χ1n) is 11.6. The fraction of sp³-hybridized carbons (Fsp3) is 0.261. The zero-order valence-corrected chi connectivity index (χ0v) is 20.1. The monoisotopic (exact) mass is 546 g/mol. The van der Waals surface area contributed by atoms with Crippen LogP contribution >= 0.6 is 0 Å². The highest BCUT2D eigenvalue weighted by Crippen LogP contribution is 2.39. The van der Waals surface area contributed by atoms with Gasteiger partial charge >= 0.3 is 6.36 Å². The molecule has 39 heavy (non-hydrogen) atoms. The van der Waals surface area contributed by atoms with Crippen LogP contribution in [0.5, 0.6) is 5.75 Å². The summed E-state index contributed by atoms with van der Waals surface area (Å²) in [6.07, 6.45) is 3.34. The Labute approximate surface area is 217 Å². The number of fused-ring (bicyclic) bond motifs is 1. The Morgan fingerprint density at radius 3 is 2.72 bits per heavy atom. The molecule has 0 atom stereocenters. The van der Waals surface area contributed by atoms with Crippen LogP contribution in [0.3, 0.4) is 0 Å². The van der Waals surface area contributed by atoms with Gasteiger partial charge in [0.1, 0.15) is 17.7 Å². The summed E-state index contributed by atoms with van der Waals surface area (Å²) in [5.41, 5.74) is 7.75. The molecule has 3 heterocycles. The average Bonchev–Trinajstić information content (AvgIpc) is 3.42. The first-order valence-corrected chi connectivity index (χ1v) is 11.6. The molecule has 1 aromatic carbocycles. The van der Waals surface area contributed by atoms with Crippen LogP contribution in [0, 0.1) is 5.82 Å². The first-order chi connectivity index (χ1) is 18.6. The Morgan fingerprint density at radius 1 is 1.23 bits per heavy atom. The summed E-state index contributed by atoms with van der Waals surface area (Å²) in [4.78, 5) is 17.1. The van der Waals surface area contributed by atoms with E-state index in [1.807, 2.05) is 28.9 Å². The number of hydrazine groups is 1. The Balaban J connectivity index is 1.27. The van der Waals surface area contributed by atoms with E-state index < -0.39 is 30.4 Å². The third-order valence-electron chi connectivity index (χ3n) is 5.91. The van der Waals surface area contributed by atoms with Crippen LogP contribution in [0.4, 0.5) is 17.6 Å². The van der Waals surface area contributed by atoms with E-state index in [1.165, 1.54) is 18.4 Å². The van der Waals surface area contributed by atoms with Gasteiger partial charge in [-0.05, 0) is 52.9 Å². The summed E-state index contributed by atoms with van der Waals surface area (Å²) in [5.74, 6) is 3.28. The number of amides is 1. The molecular weight excluding hydrogens is 524 g/mol. The zero-order valence-electron chi connectivity index (χ0n) is 20.1. The van der Waals surface area contributed by atoms with Crippen molar-refractivity contribution in [1.82, 2.24) is 39.9 Å². The van der Waals surface area contributed by atoms with E-state index in [4.69, 9.17) is 11.6 Å². The van der Waals surface area contributed by atoms with Gasteiger partial charge in [0.2, 0.25) is 0 Å². The predicted molar refractivity (Wildman–Crippen MR) is 127 cm³/mol. The third-order valence-corrected chi connectivity index (χ3v) is 5.91. The molecule has 0 saturated heterocycles. The van der Waals surface area contributed by atoms with Gasteiger partial charge in [-0.25, -0.2) is 19.9 Å². The minimum atomic E-state index is -5.13. The molecule has 1 saturated carbocycles. The summed E-state index contributed by atoms with van der Waals surface area (Å²) in [6.45, 7) is -0.437. The van der Waals surface area contributed by atoms with Crippen LogP contribution in [0.15, 0.2) is 54.9 Å². The van der Waals surface area contributed by atoms with E-state index in [1.54, 1.807) is 0 Å². The van der Waals surface area contributed by atoms with Gasteiger partial charge in [0.05, 0.1) is 17.9 Å². The topological polar surface area (TPSA) is 155 Å². The van der Waals surface area contributed by atoms with Crippen molar-refractivity contribution >= 4 is 11.6 Å². The number of nitrogens with two attached hydrogens (primary N) is 2. The van der Waals surface area contributed by atoms with Crippen LogP contribution < -0.4 is 21.6 Å². The number of alkyl halides is 3. The second-order valence-corrected chi connectivity index (χ2v) is 8.85. The Bertz CT molecular complexity index is 1530. The maximum absolute atomic E-state index is 15.0. The highest BCUT2D eigenvalue weighted by Gasteiger charge is 2.33. The van der Waals surface area contributed by atoms with Gasteiger partial charge in [0.25, 0.3) is 5.91 Å². The molecule has 3 aromatic heterocycles. The zero-order chi connectivity index (χ0) is 27.7. The Hall–Kier alpha value is -4.73. The third kappa shape index (κ3) is 6.06. The molecule has 1 fully saturated rings. The van der Waals surface area contributed by atoms with E-state index >= 15 is 0 Å². The molecule has 1 amide bonds. The van der Waals surface area contributed by atoms with Gasteiger partial charge in [0, 0.05) is 30.7 Å². The molecule has 1 aliphatic carbocycles. The minimum absolute atomic E-state index is 0.0213. The number of pyridine rings is 1. The number of carbonyl (C=O) groups excluding carboxylic acids is 1. The summed E-state index contributed by atoms with van der Waals surface area (Å²) < 4.78 is 59.7. The number of benzene rings is 1. The highest BCUT2D eigenvalue weighted by atomic mass is 19.4. The normalized spacial score (nSPS) is 14.0. The quantitative estimate of drug-likeness (QED) is 0.124. The number of aromatic nitrogens is 6. The van der Waals surface area contributed by atoms with Crippen molar-refractivity contribution in [3.05, 3.63) is 77.5 Å². The molecule has 0 aliphatic heterocycles. The summed E-state index contributed by atoms with van der Waals surface area (Å²) in [7, 11) is 0. The summed E-state index contributed by atoms with van der Waals surface area (Å²) in [5, 5.41) is 14.0. The molecule has 12 nitrogen and oxygen atoms in total. The minimum Gasteiger partial charge on any atom is -0.403 e. The lowest BCUT2D eigenvalue weighted by molar-refractivity contribution is -0.275. The first kappa shape index (κ1) is 25.9. The molecule has 4 aromatic rings. The maximum Gasteiger partial charge on any atom is 0.573 e. The van der Waals surface area contributed by atoms with Gasteiger partial charge < -0.3 is 25.2 Å². The van der Waals surface area contributed by atoms with Crippen LogP contribution in [0.25, 0.3) is 11.3 Å². The highest BCUT2D eigenvalue weighted by molar-refractivity contribution is 5.92. The largest absolute Gasteiger partial charge is 0.573 e. The van der Waals surface area contributed by atoms with Crippen molar-refractivity contribution in [2.75, 3.05) is 0 Å². The molecular formula is C23H22F4N10O2. The van der Waals surface area contributed by atoms with Gasteiger partial charge in [0.15, 0.2) is 11.6 Å². The number of hydrogen-bond donors (Lipinski definition) is 3. The van der Waals surface area contributed by atoms with Crippen LogP contribution in [-0.4, -0.2) is 46.9 Å². The second kappa shape index (κ2) is 10.2. The van der Waals surface area contributed by atoms with Gasteiger partial charge in [-0.2, -0.15) is 0 Å². The average molecular weight is 546 g/mol. The fourth-order valence-corrected chi connectivity index (χ4v) is 3.98. The van der Waals surface area contributed by atoms with E-state index in [0.717, 1.165) is 40.0 Å². The molecule has 5 N–H and O–H groups in total. The van der Waals surface area contributed by atoms with Crippen LogP contribution in [-0.2, 0) is 17.9 Å². The van der Waals surface area contributed by atoms with Crippen LogP contribution in [0.1, 0.15) is 35.6 Å². The summed E-state index contributed by atoms with van der Waals surface area (Å²) >= 11 is 0. The van der Waals surface area contributed by atoms with E-state index in [0.29, 0.717) is 11.6 Å². The Kier molecular flexibility index (Phi) is 6.78. The number of nitrogens with zero attached hydrogens (tertiary/aromatic N) is 7. The lowest BCUT2D eigenvalue weighted by atomic mass is 10.1. The number of imidazole rings is 1. The fourth-order valence-electron chi connectivity index (χ4n) is 3.98. The number of hydrogen-bond acceptors (Lipinski definition) is 9. The van der Waals surface area contributed by atoms with Crippen molar-refractivity contribution < 1.29 is 27.1 Å². The van der Waals surface area contributed by atoms with Crippen LogP contribution in [0.2, 0.25) is 0 Å².